The molecule has 0 bridgehead atoms. The fourth-order valence-corrected chi connectivity index (χ4v) is 4.27. The van der Waals surface area contributed by atoms with Crippen molar-refractivity contribution in [2.24, 2.45) is 11.8 Å². The Hall–Kier alpha value is -1.72. The minimum atomic E-state index is -0.109. The van der Waals surface area contributed by atoms with Gasteiger partial charge < -0.3 is 14.4 Å². The number of aromatic nitrogens is 1. The number of carbonyl (C=O) groups excluding carboxylic acids is 1. The van der Waals surface area contributed by atoms with Crippen molar-refractivity contribution in [3.63, 3.8) is 0 Å². The van der Waals surface area contributed by atoms with Crippen LogP contribution in [-0.2, 0) is 20.9 Å². The van der Waals surface area contributed by atoms with E-state index in [1.54, 1.807) is 12.4 Å². The average Bonchev–Trinajstić information content (AvgIpc) is 3.27. The lowest BCUT2D eigenvalue weighted by atomic mass is 9.78. The van der Waals surface area contributed by atoms with E-state index in [1.165, 1.54) is 0 Å². The summed E-state index contributed by atoms with van der Waals surface area (Å²) in [5.74, 6) is 0.968. The number of hydrogen-bond donors (Lipinski definition) is 0. The van der Waals surface area contributed by atoms with Crippen molar-refractivity contribution in [1.29, 1.82) is 0 Å². The van der Waals surface area contributed by atoms with Gasteiger partial charge in [0, 0.05) is 31.5 Å². The third kappa shape index (κ3) is 3.48. The number of nitrogens with zero attached hydrogens (tertiary/aromatic N) is 2. The van der Waals surface area contributed by atoms with E-state index in [4.69, 9.17) is 9.47 Å². The Morgan fingerprint density at radius 3 is 2.80 bits per heavy atom. The fourth-order valence-electron chi connectivity index (χ4n) is 4.27. The highest BCUT2D eigenvalue weighted by Gasteiger charge is 2.54. The van der Waals surface area contributed by atoms with Gasteiger partial charge in [0.2, 0.25) is 5.91 Å². The molecule has 1 atom stereocenters. The van der Waals surface area contributed by atoms with Crippen LogP contribution >= 0.6 is 0 Å². The minimum absolute atomic E-state index is 0.109. The van der Waals surface area contributed by atoms with Crippen LogP contribution in [0.1, 0.15) is 31.2 Å². The molecular weight excluding hydrogens is 316 g/mol. The molecule has 5 nitrogen and oxygen atoms in total. The zero-order valence-corrected chi connectivity index (χ0v) is 14.6. The van der Waals surface area contributed by atoms with Gasteiger partial charge in [-0.3, -0.25) is 9.78 Å². The number of allylic oxidation sites excluding steroid dienone is 2. The summed E-state index contributed by atoms with van der Waals surface area (Å²) in [5.41, 5.74) is 1.04. The Bertz CT molecular complexity index is 617. The third-order valence-electron chi connectivity index (χ3n) is 5.81. The van der Waals surface area contributed by atoms with Crippen LogP contribution in [0.3, 0.4) is 0 Å². The van der Waals surface area contributed by atoms with E-state index in [1.807, 2.05) is 17.0 Å². The molecule has 3 aliphatic rings. The van der Waals surface area contributed by atoms with Gasteiger partial charge in [-0.15, -0.1) is 0 Å². The molecule has 1 aromatic heterocycles. The smallest absolute Gasteiger partial charge is 0.226 e. The lowest BCUT2D eigenvalue weighted by Crippen LogP contribution is -2.66. The molecule has 0 aromatic carbocycles. The average molecular weight is 342 g/mol. The fraction of sp³-hybridized carbons (Fsp3) is 0.600. The summed E-state index contributed by atoms with van der Waals surface area (Å²) in [6.07, 6.45) is 11.7. The van der Waals surface area contributed by atoms with Gasteiger partial charge in [0.1, 0.15) is 5.60 Å². The summed E-state index contributed by atoms with van der Waals surface area (Å²) in [5, 5.41) is 0. The second-order valence-electron chi connectivity index (χ2n) is 7.43. The highest BCUT2D eigenvalue weighted by Crippen LogP contribution is 2.42. The Morgan fingerprint density at radius 1 is 1.28 bits per heavy atom. The summed E-state index contributed by atoms with van der Waals surface area (Å²) < 4.78 is 11.9. The van der Waals surface area contributed by atoms with Gasteiger partial charge in [-0.2, -0.15) is 0 Å². The molecule has 3 heterocycles. The molecule has 4 rings (SSSR count). The molecule has 2 aliphatic heterocycles. The maximum absolute atomic E-state index is 12.5. The molecule has 0 unspecified atom stereocenters. The highest BCUT2D eigenvalue weighted by atomic mass is 16.5. The zero-order valence-electron chi connectivity index (χ0n) is 14.6. The van der Waals surface area contributed by atoms with E-state index in [-0.39, 0.29) is 11.5 Å². The zero-order chi connectivity index (χ0) is 17.1. The van der Waals surface area contributed by atoms with Crippen LogP contribution in [0.4, 0.5) is 0 Å². The first-order valence-corrected chi connectivity index (χ1v) is 9.31. The van der Waals surface area contributed by atoms with Gasteiger partial charge in [0.05, 0.1) is 19.7 Å². The van der Waals surface area contributed by atoms with Crippen LogP contribution in [0, 0.1) is 11.8 Å². The van der Waals surface area contributed by atoms with Crippen molar-refractivity contribution in [3.8, 4) is 0 Å². The van der Waals surface area contributed by atoms with Crippen molar-refractivity contribution in [3.05, 3.63) is 42.2 Å². The Morgan fingerprint density at radius 2 is 2.04 bits per heavy atom. The van der Waals surface area contributed by atoms with Crippen molar-refractivity contribution in [2.45, 2.75) is 37.9 Å². The number of carbonyl (C=O) groups is 1. The van der Waals surface area contributed by atoms with Crippen molar-refractivity contribution in [2.75, 3.05) is 26.3 Å². The van der Waals surface area contributed by atoms with Crippen molar-refractivity contribution >= 4 is 5.91 Å². The van der Waals surface area contributed by atoms with Gasteiger partial charge >= 0.3 is 0 Å². The largest absolute Gasteiger partial charge is 0.377 e. The van der Waals surface area contributed by atoms with Gasteiger partial charge in [-0.25, -0.2) is 0 Å². The first-order chi connectivity index (χ1) is 12.3. The summed E-state index contributed by atoms with van der Waals surface area (Å²) in [6.45, 7) is 3.69. The number of ether oxygens (including phenoxy) is 2. The topological polar surface area (TPSA) is 51.7 Å². The summed E-state index contributed by atoms with van der Waals surface area (Å²) in [7, 11) is 0. The van der Waals surface area contributed by atoms with Gasteiger partial charge in [-0.05, 0) is 49.3 Å². The lowest BCUT2D eigenvalue weighted by Gasteiger charge is -2.51. The van der Waals surface area contributed by atoms with Gasteiger partial charge in [0.25, 0.3) is 0 Å². The second kappa shape index (κ2) is 7.26. The van der Waals surface area contributed by atoms with E-state index in [0.717, 1.165) is 57.6 Å². The first-order valence-electron chi connectivity index (χ1n) is 9.31. The molecule has 1 spiro atoms. The van der Waals surface area contributed by atoms with E-state index < -0.39 is 0 Å². The molecule has 1 aliphatic carbocycles. The van der Waals surface area contributed by atoms with Crippen LogP contribution in [0.2, 0.25) is 0 Å². The Labute approximate surface area is 149 Å². The maximum Gasteiger partial charge on any atom is 0.226 e. The predicted molar refractivity (Wildman–Crippen MR) is 93.7 cm³/mol. The third-order valence-corrected chi connectivity index (χ3v) is 5.81. The van der Waals surface area contributed by atoms with Gasteiger partial charge in [0.15, 0.2) is 0 Å². The van der Waals surface area contributed by atoms with Crippen LogP contribution in [0.5, 0.6) is 0 Å². The van der Waals surface area contributed by atoms with Crippen LogP contribution in [0.25, 0.3) is 0 Å². The molecule has 25 heavy (non-hydrogen) atoms. The lowest BCUT2D eigenvalue weighted by molar-refractivity contribution is -0.169. The molecule has 1 amide bonds. The predicted octanol–water partition coefficient (Wildman–Crippen LogP) is 2.57. The number of amides is 1. The number of hydrogen-bond acceptors (Lipinski definition) is 4. The van der Waals surface area contributed by atoms with Crippen molar-refractivity contribution in [1.82, 2.24) is 9.88 Å². The molecule has 1 aromatic rings. The van der Waals surface area contributed by atoms with E-state index >= 15 is 0 Å². The summed E-state index contributed by atoms with van der Waals surface area (Å²) in [6, 6.07) is 3.96. The maximum atomic E-state index is 12.5. The van der Waals surface area contributed by atoms with Crippen molar-refractivity contribution < 1.29 is 14.3 Å². The molecule has 0 radical (unpaired) electrons. The quantitative estimate of drug-likeness (QED) is 0.589. The van der Waals surface area contributed by atoms with Crippen LogP contribution in [-0.4, -0.2) is 47.7 Å². The Balaban J connectivity index is 1.22. The summed E-state index contributed by atoms with van der Waals surface area (Å²) >= 11 is 0. The molecule has 134 valence electrons. The molecule has 5 heteroatoms. The highest BCUT2D eigenvalue weighted by molar-refractivity contribution is 5.80. The van der Waals surface area contributed by atoms with Crippen LogP contribution < -0.4 is 0 Å². The first kappa shape index (κ1) is 16.7. The number of likely N-dealkylation sites (tertiary alicyclic amines) is 1. The molecular formula is C20H26N2O3. The normalized spacial score (nSPS) is 24.8. The van der Waals surface area contributed by atoms with Gasteiger partial charge in [-0.1, -0.05) is 12.2 Å². The van der Waals surface area contributed by atoms with E-state index in [9.17, 15) is 4.79 Å². The second-order valence-corrected chi connectivity index (χ2v) is 7.43. The SMILES string of the molecule is O=C(C1CC=CC1)N1CC2(C1)OCC[C@@H]2CCOCc1ccncc1. The number of pyridine rings is 1. The standard InChI is InChI=1S/C20H26N2O3/c23-19(17-3-1-2-4-17)22-14-20(15-22)18(8-12-25-20)7-11-24-13-16-5-9-21-10-6-16/h1-2,5-6,9-10,17-18H,3-4,7-8,11-15H2/t18-/m0/s1. The molecule has 2 saturated heterocycles. The minimum Gasteiger partial charge on any atom is -0.377 e. The van der Waals surface area contributed by atoms with E-state index in [0.29, 0.717) is 18.4 Å². The number of rotatable bonds is 6. The molecule has 0 saturated carbocycles. The van der Waals surface area contributed by atoms with Crippen LogP contribution in [0.15, 0.2) is 36.7 Å². The summed E-state index contributed by atoms with van der Waals surface area (Å²) in [4.78, 5) is 18.5. The Kier molecular flexibility index (Phi) is 4.86. The molecule has 2 fully saturated rings. The molecule has 0 N–H and O–H groups in total. The van der Waals surface area contributed by atoms with E-state index in [2.05, 4.69) is 17.1 Å². The monoisotopic (exact) mass is 342 g/mol.